The van der Waals surface area contributed by atoms with Crippen molar-refractivity contribution in [3.8, 4) is 0 Å². The SMILES string of the molecule is CC(CCO)(CCCCN(CCCCC(C)(CCO)c1ccccc1)C(N)=S)c1ccccc1. The zero-order chi connectivity index (χ0) is 24.9. The molecule has 2 rings (SSSR count). The summed E-state index contributed by atoms with van der Waals surface area (Å²) in [5.74, 6) is 0. The summed E-state index contributed by atoms with van der Waals surface area (Å²) in [7, 11) is 0. The lowest BCUT2D eigenvalue weighted by Crippen LogP contribution is -2.37. The second kappa shape index (κ2) is 14.4. The number of unbranched alkanes of at least 4 members (excludes halogenated alkanes) is 2. The van der Waals surface area contributed by atoms with Gasteiger partial charge in [-0.15, -0.1) is 0 Å². The number of rotatable bonds is 16. The van der Waals surface area contributed by atoms with E-state index in [1.807, 2.05) is 12.1 Å². The highest BCUT2D eigenvalue weighted by molar-refractivity contribution is 7.80. The molecule has 4 nitrogen and oxygen atoms in total. The Bertz CT molecular complexity index is 769. The molecule has 34 heavy (non-hydrogen) atoms. The van der Waals surface area contributed by atoms with E-state index < -0.39 is 0 Å². The van der Waals surface area contributed by atoms with Crippen LogP contribution in [0.15, 0.2) is 60.7 Å². The summed E-state index contributed by atoms with van der Waals surface area (Å²) < 4.78 is 0. The molecule has 188 valence electrons. The predicted molar refractivity (Wildman–Crippen MR) is 147 cm³/mol. The second-order valence-corrected chi connectivity index (χ2v) is 10.5. The van der Waals surface area contributed by atoms with Crippen LogP contribution < -0.4 is 5.73 Å². The molecule has 0 aromatic heterocycles. The third-order valence-corrected chi connectivity index (χ3v) is 7.65. The van der Waals surface area contributed by atoms with E-state index >= 15 is 0 Å². The monoisotopic (exact) mass is 484 g/mol. The van der Waals surface area contributed by atoms with Crippen molar-refractivity contribution in [3.63, 3.8) is 0 Å². The summed E-state index contributed by atoms with van der Waals surface area (Å²) in [4.78, 5) is 2.13. The average Bonchev–Trinajstić information content (AvgIpc) is 2.84. The van der Waals surface area contributed by atoms with Crippen molar-refractivity contribution in [2.45, 2.75) is 76.0 Å². The van der Waals surface area contributed by atoms with Gasteiger partial charge in [0.25, 0.3) is 0 Å². The highest BCUT2D eigenvalue weighted by Crippen LogP contribution is 2.34. The normalized spacial score (nSPS) is 14.8. The topological polar surface area (TPSA) is 69.7 Å². The van der Waals surface area contributed by atoms with E-state index in [0.29, 0.717) is 5.11 Å². The first-order valence-corrected chi connectivity index (χ1v) is 13.1. The van der Waals surface area contributed by atoms with E-state index in [2.05, 4.69) is 67.3 Å². The molecule has 0 aliphatic rings. The summed E-state index contributed by atoms with van der Waals surface area (Å²) in [6.45, 7) is 6.63. The third-order valence-electron chi connectivity index (χ3n) is 7.39. The first-order chi connectivity index (χ1) is 16.3. The number of thiocarbonyl (C=S) groups is 1. The maximum absolute atomic E-state index is 9.61. The van der Waals surface area contributed by atoms with Crippen LogP contribution in [-0.4, -0.2) is 46.5 Å². The van der Waals surface area contributed by atoms with Crippen LogP contribution in [0, 0.1) is 0 Å². The molecule has 4 N–H and O–H groups in total. The van der Waals surface area contributed by atoms with Crippen LogP contribution in [0.5, 0.6) is 0 Å². The van der Waals surface area contributed by atoms with Crippen LogP contribution in [0.1, 0.15) is 76.3 Å². The average molecular weight is 485 g/mol. The zero-order valence-corrected chi connectivity index (χ0v) is 21.9. The molecule has 2 atom stereocenters. The van der Waals surface area contributed by atoms with Gasteiger partial charge in [0.2, 0.25) is 0 Å². The van der Waals surface area contributed by atoms with Crippen molar-refractivity contribution >= 4 is 17.3 Å². The number of aliphatic hydroxyl groups excluding tert-OH is 2. The minimum atomic E-state index is -0.0152. The first-order valence-electron chi connectivity index (χ1n) is 12.7. The molecule has 2 unspecified atom stereocenters. The summed E-state index contributed by atoms with van der Waals surface area (Å²) >= 11 is 5.34. The zero-order valence-electron chi connectivity index (χ0n) is 21.1. The van der Waals surface area contributed by atoms with Gasteiger partial charge in [0.05, 0.1) is 0 Å². The Hall–Kier alpha value is -1.95. The maximum atomic E-state index is 9.61. The van der Waals surface area contributed by atoms with Crippen molar-refractivity contribution in [3.05, 3.63) is 71.8 Å². The van der Waals surface area contributed by atoms with Crippen molar-refractivity contribution < 1.29 is 10.2 Å². The maximum Gasteiger partial charge on any atom is 0.166 e. The van der Waals surface area contributed by atoms with Crippen LogP contribution in [0.3, 0.4) is 0 Å². The molecule has 0 saturated heterocycles. The molecule has 0 fully saturated rings. The summed E-state index contributed by atoms with van der Waals surface area (Å²) in [5.41, 5.74) is 8.59. The molecule has 0 spiro atoms. The van der Waals surface area contributed by atoms with Crippen molar-refractivity contribution in [2.75, 3.05) is 26.3 Å². The van der Waals surface area contributed by atoms with Gasteiger partial charge in [-0.25, -0.2) is 0 Å². The number of nitrogens with two attached hydrogens (primary N) is 1. The minimum absolute atomic E-state index is 0.0152. The fourth-order valence-electron chi connectivity index (χ4n) is 4.97. The molecular formula is C29H44N2O2S. The van der Waals surface area contributed by atoms with Crippen LogP contribution in [0.2, 0.25) is 0 Å². The van der Waals surface area contributed by atoms with Gasteiger partial charge in [0.15, 0.2) is 5.11 Å². The number of hydrogen-bond donors (Lipinski definition) is 3. The van der Waals surface area contributed by atoms with E-state index in [4.69, 9.17) is 18.0 Å². The van der Waals surface area contributed by atoms with Gasteiger partial charge < -0.3 is 20.8 Å². The Kier molecular flexibility index (Phi) is 12.0. The van der Waals surface area contributed by atoms with Gasteiger partial charge in [-0.2, -0.15) is 0 Å². The Balaban J connectivity index is 1.81. The lowest BCUT2D eigenvalue weighted by Gasteiger charge is -2.31. The molecule has 0 bridgehead atoms. The smallest absolute Gasteiger partial charge is 0.166 e. The molecule has 5 heteroatoms. The Morgan fingerprint density at radius 2 is 1.09 bits per heavy atom. The van der Waals surface area contributed by atoms with E-state index in [0.717, 1.165) is 64.5 Å². The summed E-state index contributed by atoms with van der Waals surface area (Å²) in [5, 5.41) is 19.7. The highest BCUT2D eigenvalue weighted by Gasteiger charge is 2.26. The van der Waals surface area contributed by atoms with E-state index in [1.54, 1.807) is 0 Å². The number of aliphatic hydroxyl groups is 2. The molecular weight excluding hydrogens is 440 g/mol. The molecule has 0 radical (unpaired) electrons. The van der Waals surface area contributed by atoms with Crippen LogP contribution in [0.25, 0.3) is 0 Å². The number of hydrogen-bond acceptors (Lipinski definition) is 3. The predicted octanol–water partition coefficient (Wildman–Crippen LogP) is 5.55. The van der Waals surface area contributed by atoms with Gasteiger partial charge in [-0.1, -0.05) is 87.4 Å². The van der Waals surface area contributed by atoms with E-state index in [1.165, 1.54) is 11.1 Å². The Morgan fingerprint density at radius 3 is 1.41 bits per heavy atom. The van der Waals surface area contributed by atoms with Crippen LogP contribution in [0.4, 0.5) is 0 Å². The summed E-state index contributed by atoms with van der Waals surface area (Å²) in [6.07, 6.45) is 7.77. The largest absolute Gasteiger partial charge is 0.396 e. The second-order valence-electron chi connectivity index (χ2n) is 10.0. The van der Waals surface area contributed by atoms with Crippen LogP contribution in [-0.2, 0) is 10.8 Å². The number of nitrogens with zero attached hydrogens (tertiary/aromatic N) is 1. The molecule has 0 amide bonds. The fourth-order valence-corrected chi connectivity index (χ4v) is 5.15. The molecule has 0 saturated carbocycles. The van der Waals surface area contributed by atoms with Crippen molar-refractivity contribution in [1.82, 2.24) is 4.90 Å². The number of benzene rings is 2. The van der Waals surface area contributed by atoms with E-state index in [9.17, 15) is 10.2 Å². The standard InChI is InChI=1S/C29H44N2O2S/c1-28(19-23-32,25-13-5-3-6-14-25)17-9-11-21-31(27(30)34)22-12-10-18-29(2,20-24-33)26-15-7-4-8-16-26/h3-8,13-16,32-33H,9-12,17-24H2,1-2H3,(H2,30,34). The highest BCUT2D eigenvalue weighted by atomic mass is 32.1. The Labute approximate surface area is 212 Å². The first kappa shape index (κ1) is 28.3. The van der Waals surface area contributed by atoms with Crippen molar-refractivity contribution in [1.29, 1.82) is 0 Å². The van der Waals surface area contributed by atoms with Crippen LogP contribution >= 0.6 is 12.2 Å². The van der Waals surface area contributed by atoms with Gasteiger partial charge in [0.1, 0.15) is 0 Å². The van der Waals surface area contributed by atoms with Gasteiger partial charge in [0, 0.05) is 26.3 Å². The molecule has 0 aliphatic heterocycles. The fraction of sp³-hybridized carbons (Fsp3) is 0.552. The van der Waals surface area contributed by atoms with Gasteiger partial charge in [-0.05, 0) is 72.7 Å². The van der Waals surface area contributed by atoms with Crippen molar-refractivity contribution in [2.24, 2.45) is 5.73 Å². The minimum Gasteiger partial charge on any atom is -0.396 e. The van der Waals surface area contributed by atoms with Gasteiger partial charge in [-0.3, -0.25) is 0 Å². The quantitative estimate of drug-likeness (QED) is 0.215. The summed E-state index contributed by atoms with van der Waals surface area (Å²) in [6, 6.07) is 21.0. The molecule has 2 aromatic carbocycles. The third kappa shape index (κ3) is 8.68. The molecule has 2 aromatic rings. The van der Waals surface area contributed by atoms with E-state index in [-0.39, 0.29) is 24.0 Å². The Morgan fingerprint density at radius 1 is 0.706 bits per heavy atom. The lowest BCUT2D eigenvalue weighted by atomic mass is 9.75. The van der Waals surface area contributed by atoms with Gasteiger partial charge >= 0.3 is 0 Å². The lowest BCUT2D eigenvalue weighted by molar-refractivity contribution is 0.232. The molecule has 0 heterocycles. The molecule has 0 aliphatic carbocycles.